The third-order valence-corrected chi connectivity index (χ3v) is 5.01. The van der Waals surface area contributed by atoms with Crippen molar-refractivity contribution in [3.8, 4) is 5.75 Å². The van der Waals surface area contributed by atoms with Crippen LogP contribution in [0.4, 0.5) is 5.69 Å². The molecule has 2 heterocycles. The van der Waals surface area contributed by atoms with Crippen LogP contribution in [0.1, 0.15) is 60.4 Å². The van der Waals surface area contributed by atoms with Crippen molar-refractivity contribution in [1.29, 1.82) is 0 Å². The van der Waals surface area contributed by atoms with Crippen LogP contribution < -0.4 is 10.1 Å². The first kappa shape index (κ1) is 19.9. The highest BCUT2D eigenvalue weighted by Gasteiger charge is 2.29. The van der Waals surface area contributed by atoms with Gasteiger partial charge in [-0.25, -0.2) is 4.98 Å². The number of rotatable bonds is 7. The van der Waals surface area contributed by atoms with Gasteiger partial charge in [-0.05, 0) is 52.2 Å². The Morgan fingerprint density at radius 1 is 1.18 bits per heavy atom. The molecular weight excluding hydrogens is 356 g/mol. The van der Waals surface area contributed by atoms with Gasteiger partial charge in [-0.3, -0.25) is 9.59 Å². The number of nitrogens with zero attached hydrogens (tertiary/aromatic N) is 3. The van der Waals surface area contributed by atoms with E-state index in [-0.39, 0.29) is 11.8 Å². The average molecular weight is 384 g/mol. The van der Waals surface area contributed by atoms with Crippen LogP contribution >= 0.6 is 0 Å². The van der Waals surface area contributed by atoms with Gasteiger partial charge in [0.2, 0.25) is 0 Å². The maximum absolute atomic E-state index is 13.0. The molecule has 0 atom stereocenters. The summed E-state index contributed by atoms with van der Waals surface area (Å²) in [6.45, 7) is 8.24. The molecule has 0 spiro atoms. The molecule has 28 heavy (non-hydrogen) atoms. The van der Waals surface area contributed by atoms with Crippen LogP contribution in [0.2, 0.25) is 0 Å². The SMILES string of the molecule is CCOc1ccccc1NC(=O)c1nc(C(=O)N(CC)CC)n2c1CCCC2. The second-order valence-electron chi connectivity index (χ2n) is 6.70. The normalized spacial score (nSPS) is 13.0. The zero-order valence-electron chi connectivity index (χ0n) is 16.8. The van der Waals surface area contributed by atoms with E-state index in [2.05, 4.69) is 10.3 Å². The highest BCUT2D eigenvalue weighted by atomic mass is 16.5. The largest absolute Gasteiger partial charge is 0.492 e. The Morgan fingerprint density at radius 2 is 1.93 bits per heavy atom. The van der Waals surface area contributed by atoms with Crippen LogP contribution in [0.3, 0.4) is 0 Å². The zero-order chi connectivity index (χ0) is 20.1. The molecule has 3 rings (SSSR count). The van der Waals surface area contributed by atoms with E-state index in [1.165, 1.54) is 0 Å². The second-order valence-corrected chi connectivity index (χ2v) is 6.70. The topological polar surface area (TPSA) is 76.5 Å². The smallest absolute Gasteiger partial charge is 0.289 e. The van der Waals surface area contributed by atoms with Crippen molar-refractivity contribution in [2.45, 2.75) is 46.6 Å². The highest BCUT2D eigenvalue weighted by molar-refractivity contribution is 6.05. The van der Waals surface area contributed by atoms with Gasteiger partial charge >= 0.3 is 0 Å². The zero-order valence-corrected chi connectivity index (χ0v) is 16.8. The number of ether oxygens (including phenoxy) is 1. The first-order chi connectivity index (χ1) is 13.6. The van der Waals surface area contributed by atoms with Crippen LogP contribution in [0.25, 0.3) is 0 Å². The molecule has 0 unspecified atom stereocenters. The van der Waals surface area contributed by atoms with Gasteiger partial charge in [0.05, 0.1) is 18.0 Å². The lowest BCUT2D eigenvalue weighted by molar-refractivity contribution is 0.0754. The van der Waals surface area contributed by atoms with Crippen molar-refractivity contribution >= 4 is 17.5 Å². The van der Waals surface area contributed by atoms with Crippen molar-refractivity contribution < 1.29 is 14.3 Å². The Kier molecular flexibility index (Phi) is 6.34. The summed E-state index contributed by atoms with van der Waals surface area (Å²) in [7, 11) is 0. The summed E-state index contributed by atoms with van der Waals surface area (Å²) in [4.78, 5) is 32.2. The van der Waals surface area contributed by atoms with Crippen molar-refractivity contribution in [2.75, 3.05) is 25.0 Å². The monoisotopic (exact) mass is 384 g/mol. The number of aromatic nitrogens is 2. The maximum atomic E-state index is 13.0. The number of imidazole rings is 1. The number of amides is 2. The quantitative estimate of drug-likeness (QED) is 0.794. The molecule has 0 aliphatic carbocycles. The van der Waals surface area contributed by atoms with Crippen molar-refractivity contribution in [1.82, 2.24) is 14.5 Å². The Balaban J connectivity index is 1.94. The summed E-state index contributed by atoms with van der Waals surface area (Å²) in [5, 5.41) is 2.91. The lowest BCUT2D eigenvalue weighted by atomic mass is 10.1. The van der Waals surface area contributed by atoms with E-state index in [1.807, 2.05) is 43.5 Å². The molecule has 1 aromatic carbocycles. The van der Waals surface area contributed by atoms with Crippen molar-refractivity contribution in [3.05, 3.63) is 41.5 Å². The lowest BCUT2D eigenvalue weighted by Gasteiger charge is -2.21. The van der Waals surface area contributed by atoms with E-state index in [0.29, 0.717) is 49.2 Å². The molecule has 150 valence electrons. The number of carbonyl (C=O) groups is 2. The van der Waals surface area contributed by atoms with Gasteiger partial charge in [0.15, 0.2) is 11.5 Å². The molecule has 7 heteroatoms. The van der Waals surface area contributed by atoms with Crippen molar-refractivity contribution in [2.24, 2.45) is 0 Å². The van der Waals surface area contributed by atoms with Crippen LogP contribution in [0.5, 0.6) is 5.75 Å². The minimum absolute atomic E-state index is 0.123. The molecule has 0 fully saturated rings. The van der Waals surface area contributed by atoms with E-state index in [1.54, 1.807) is 11.0 Å². The molecule has 1 aliphatic heterocycles. The molecule has 1 N–H and O–H groups in total. The van der Waals surface area contributed by atoms with Crippen LogP contribution in [-0.4, -0.2) is 46.0 Å². The molecule has 1 aromatic heterocycles. The summed E-state index contributed by atoms with van der Waals surface area (Å²) in [5.41, 5.74) is 1.78. The standard InChI is InChI=1S/C21H28N4O3/c1-4-24(5-2)21(27)19-23-18(16-12-9-10-14-25(16)19)20(26)22-15-11-7-8-13-17(15)28-6-3/h7-8,11,13H,4-6,9-10,12,14H2,1-3H3,(H,22,26). The van der Waals surface area contributed by atoms with Gasteiger partial charge in [-0.1, -0.05) is 12.1 Å². The number of fused-ring (bicyclic) bond motifs is 1. The fraction of sp³-hybridized carbons (Fsp3) is 0.476. The number of hydrogen-bond donors (Lipinski definition) is 1. The van der Waals surface area contributed by atoms with Crippen molar-refractivity contribution in [3.63, 3.8) is 0 Å². The summed E-state index contributed by atoms with van der Waals surface area (Å²) >= 11 is 0. The fourth-order valence-corrected chi connectivity index (χ4v) is 3.57. The summed E-state index contributed by atoms with van der Waals surface area (Å²) in [5.74, 6) is 0.547. The molecule has 0 bridgehead atoms. The Bertz CT molecular complexity index is 855. The summed E-state index contributed by atoms with van der Waals surface area (Å²) < 4.78 is 7.51. The van der Waals surface area contributed by atoms with Gasteiger partial charge in [0.1, 0.15) is 5.75 Å². The predicted molar refractivity (Wildman–Crippen MR) is 108 cm³/mol. The minimum Gasteiger partial charge on any atom is -0.492 e. The number of hydrogen-bond acceptors (Lipinski definition) is 4. The Morgan fingerprint density at radius 3 is 2.64 bits per heavy atom. The molecule has 1 aliphatic rings. The number of para-hydroxylation sites is 2. The second kappa shape index (κ2) is 8.91. The van der Waals surface area contributed by atoms with E-state index in [0.717, 1.165) is 25.0 Å². The summed E-state index contributed by atoms with van der Waals surface area (Å²) in [6, 6.07) is 7.32. The van der Waals surface area contributed by atoms with E-state index < -0.39 is 0 Å². The molecule has 0 saturated heterocycles. The maximum Gasteiger partial charge on any atom is 0.289 e. The third kappa shape index (κ3) is 3.88. The van der Waals surface area contributed by atoms with Gasteiger partial charge in [-0.15, -0.1) is 0 Å². The fourth-order valence-electron chi connectivity index (χ4n) is 3.57. The predicted octanol–water partition coefficient (Wildman–Crippen LogP) is 3.35. The molecule has 0 saturated carbocycles. The molecule has 0 radical (unpaired) electrons. The van der Waals surface area contributed by atoms with E-state index in [9.17, 15) is 9.59 Å². The average Bonchev–Trinajstić information content (AvgIpc) is 3.10. The van der Waals surface area contributed by atoms with Gasteiger partial charge in [-0.2, -0.15) is 0 Å². The van der Waals surface area contributed by atoms with Gasteiger partial charge in [0.25, 0.3) is 11.8 Å². The van der Waals surface area contributed by atoms with Gasteiger partial charge in [0, 0.05) is 19.6 Å². The number of anilines is 1. The Labute approximate surface area is 165 Å². The van der Waals surface area contributed by atoms with E-state index >= 15 is 0 Å². The molecular formula is C21H28N4O3. The number of benzene rings is 1. The first-order valence-corrected chi connectivity index (χ1v) is 10.0. The third-order valence-electron chi connectivity index (χ3n) is 5.01. The van der Waals surface area contributed by atoms with Crippen LogP contribution in [-0.2, 0) is 13.0 Å². The molecule has 7 nitrogen and oxygen atoms in total. The lowest BCUT2D eigenvalue weighted by Crippen LogP contribution is -2.33. The van der Waals surface area contributed by atoms with Gasteiger partial charge < -0.3 is 19.5 Å². The minimum atomic E-state index is -0.309. The highest BCUT2D eigenvalue weighted by Crippen LogP contribution is 2.26. The summed E-state index contributed by atoms with van der Waals surface area (Å²) in [6.07, 6.45) is 2.71. The Hall–Kier alpha value is -2.83. The first-order valence-electron chi connectivity index (χ1n) is 10.0. The number of nitrogens with one attached hydrogen (secondary N) is 1. The number of carbonyl (C=O) groups excluding carboxylic acids is 2. The molecule has 2 aromatic rings. The molecule has 2 amide bonds. The van der Waals surface area contributed by atoms with E-state index in [4.69, 9.17) is 4.74 Å². The van der Waals surface area contributed by atoms with Crippen LogP contribution in [0.15, 0.2) is 24.3 Å². The van der Waals surface area contributed by atoms with Crippen LogP contribution in [0, 0.1) is 0 Å².